The highest BCUT2D eigenvalue weighted by Crippen LogP contribution is 2.32. The molecule has 6 heteroatoms. The molecular formula is C14H16N4O2. The Balaban J connectivity index is 3.29. The number of hydrogen-bond acceptors (Lipinski definition) is 5. The van der Waals surface area contributed by atoms with Crippen molar-refractivity contribution in [3.63, 3.8) is 0 Å². The average molecular weight is 272 g/mol. The molecule has 104 valence electrons. The third kappa shape index (κ3) is 3.69. The van der Waals surface area contributed by atoms with E-state index in [-0.39, 0.29) is 17.7 Å². The fourth-order valence-electron chi connectivity index (χ4n) is 2.00. The first-order valence-corrected chi connectivity index (χ1v) is 6.30. The fourth-order valence-corrected chi connectivity index (χ4v) is 2.00. The third-order valence-electron chi connectivity index (χ3n) is 2.74. The zero-order valence-electron chi connectivity index (χ0n) is 11.5. The number of anilines is 1. The average Bonchev–Trinajstić information content (AvgIpc) is 2.41. The number of nitro benzene ring substituents is 1. The van der Waals surface area contributed by atoms with E-state index in [1.807, 2.05) is 26.0 Å². The smallest absolute Gasteiger partial charge is 0.310 e. The van der Waals surface area contributed by atoms with E-state index in [4.69, 9.17) is 10.5 Å². The molecule has 1 rings (SSSR count). The zero-order chi connectivity index (χ0) is 15.1. The molecule has 0 spiro atoms. The van der Waals surface area contributed by atoms with Crippen molar-refractivity contribution in [1.29, 1.82) is 10.5 Å². The van der Waals surface area contributed by atoms with Crippen LogP contribution in [0.2, 0.25) is 0 Å². The number of nitro groups is 1. The molecule has 0 aliphatic carbocycles. The van der Waals surface area contributed by atoms with Gasteiger partial charge in [-0.3, -0.25) is 10.1 Å². The van der Waals surface area contributed by atoms with Gasteiger partial charge in [-0.05, 0) is 18.1 Å². The SMILES string of the molecule is CC(C)CN(CCC#N)c1cccc(C#N)c1[N+](=O)[O-]. The monoisotopic (exact) mass is 272 g/mol. The standard InChI is InChI=1S/C14H16N4O2/c1-11(2)10-17(8-4-7-15)13-6-3-5-12(9-16)14(13)18(19)20/h3,5-6,11H,4,8,10H2,1-2H3. The summed E-state index contributed by atoms with van der Waals surface area (Å²) < 4.78 is 0. The molecule has 1 aromatic rings. The van der Waals surface area contributed by atoms with Gasteiger partial charge >= 0.3 is 5.69 Å². The molecule has 0 saturated heterocycles. The molecule has 1 aromatic carbocycles. The van der Waals surface area contributed by atoms with Gasteiger partial charge in [-0.2, -0.15) is 10.5 Å². The van der Waals surface area contributed by atoms with Crippen LogP contribution in [-0.2, 0) is 0 Å². The Morgan fingerprint density at radius 3 is 2.60 bits per heavy atom. The zero-order valence-corrected chi connectivity index (χ0v) is 11.5. The molecule has 0 aliphatic heterocycles. The fraction of sp³-hybridized carbons (Fsp3) is 0.429. The molecule has 0 aromatic heterocycles. The summed E-state index contributed by atoms with van der Waals surface area (Å²) in [5.41, 5.74) is 0.254. The number of benzene rings is 1. The molecule has 0 atom stereocenters. The van der Waals surface area contributed by atoms with E-state index >= 15 is 0 Å². The Labute approximate surface area is 118 Å². The van der Waals surface area contributed by atoms with Crippen molar-refractivity contribution in [1.82, 2.24) is 0 Å². The van der Waals surface area contributed by atoms with Crippen LogP contribution in [0.5, 0.6) is 0 Å². The van der Waals surface area contributed by atoms with Crippen molar-refractivity contribution in [3.8, 4) is 12.1 Å². The van der Waals surface area contributed by atoms with Crippen LogP contribution < -0.4 is 4.90 Å². The summed E-state index contributed by atoms with van der Waals surface area (Å²) in [7, 11) is 0. The molecular weight excluding hydrogens is 256 g/mol. The molecule has 0 saturated carbocycles. The minimum Gasteiger partial charge on any atom is -0.365 e. The summed E-state index contributed by atoms with van der Waals surface area (Å²) in [6, 6.07) is 8.57. The number of nitriles is 2. The predicted molar refractivity (Wildman–Crippen MR) is 75.1 cm³/mol. The summed E-state index contributed by atoms with van der Waals surface area (Å²) in [4.78, 5) is 12.5. The lowest BCUT2D eigenvalue weighted by Gasteiger charge is -2.25. The molecule has 0 bridgehead atoms. The lowest BCUT2D eigenvalue weighted by atomic mass is 10.1. The van der Waals surface area contributed by atoms with Crippen LogP contribution in [0.4, 0.5) is 11.4 Å². The van der Waals surface area contributed by atoms with Crippen molar-refractivity contribution in [3.05, 3.63) is 33.9 Å². The summed E-state index contributed by atoms with van der Waals surface area (Å²) in [6.07, 6.45) is 0.278. The van der Waals surface area contributed by atoms with Gasteiger partial charge in [0.1, 0.15) is 17.3 Å². The Hall–Kier alpha value is -2.60. The largest absolute Gasteiger partial charge is 0.365 e. The van der Waals surface area contributed by atoms with E-state index in [1.54, 1.807) is 17.0 Å². The second-order valence-electron chi connectivity index (χ2n) is 4.79. The van der Waals surface area contributed by atoms with E-state index in [0.717, 1.165) is 0 Å². The maximum atomic E-state index is 11.2. The Morgan fingerprint density at radius 2 is 2.10 bits per heavy atom. The molecule has 0 aliphatic rings. The van der Waals surface area contributed by atoms with Gasteiger partial charge in [0.25, 0.3) is 0 Å². The van der Waals surface area contributed by atoms with Gasteiger partial charge in [-0.25, -0.2) is 0 Å². The lowest BCUT2D eigenvalue weighted by Crippen LogP contribution is -2.29. The van der Waals surface area contributed by atoms with Crippen molar-refractivity contribution < 1.29 is 4.92 Å². The first-order valence-electron chi connectivity index (χ1n) is 6.30. The molecule has 20 heavy (non-hydrogen) atoms. The lowest BCUT2D eigenvalue weighted by molar-refractivity contribution is -0.384. The third-order valence-corrected chi connectivity index (χ3v) is 2.74. The summed E-state index contributed by atoms with van der Waals surface area (Å²) in [5, 5.41) is 28.9. The quantitative estimate of drug-likeness (QED) is 0.586. The van der Waals surface area contributed by atoms with Gasteiger partial charge < -0.3 is 4.90 Å². The Kier molecular flexibility index (Phi) is 5.49. The number of para-hydroxylation sites is 1. The van der Waals surface area contributed by atoms with Gasteiger partial charge in [0.15, 0.2) is 0 Å². The van der Waals surface area contributed by atoms with E-state index in [0.29, 0.717) is 24.7 Å². The highest BCUT2D eigenvalue weighted by molar-refractivity contribution is 5.69. The predicted octanol–water partition coefficient (Wildman–Crippen LogP) is 2.84. The van der Waals surface area contributed by atoms with Crippen LogP contribution in [0.1, 0.15) is 25.8 Å². The van der Waals surface area contributed by atoms with Crippen LogP contribution in [0.25, 0.3) is 0 Å². The van der Waals surface area contributed by atoms with Gasteiger partial charge in [0.05, 0.1) is 17.4 Å². The van der Waals surface area contributed by atoms with Gasteiger partial charge in [-0.15, -0.1) is 0 Å². The van der Waals surface area contributed by atoms with Crippen molar-refractivity contribution in [2.75, 3.05) is 18.0 Å². The van der Waals surface area contributed by atoms with Crippen LogP contribution >= 0.6 is 0 Å². The van der Waals surface area contributed by atoms with Gasteiger partial charge in [0, 0.05) is 13.1 Å². The maximum Gasteiger partial charge on any atom is 0.310 e. The van der Waals surface area contributed by atoms with E-state index in [1.165, 1.54) is 6.07 Å². The number of nitrogens with zero attached hydrogens (tertiary/aromatic N) is 4. The molecule has 0 fully saturated rings. The minimum absolute atomic E-state index is 0.0400. The molecule has 0 N–H and O–H groups in total. The molecule has 0 radical (unpaired) electrons. The second kappa shape index (κ2) is 7.10. The molecule has 0 unspecified atom stereocenters. The normalized spacial score (nSPS) is 9.85. The first-order chi connectivity index (χ1) is 9.51. The van der Waals surface area contributed by atoms with E-state index in [9.17, 15) is 10.1 Å². The summed E-state index contributed by atoms with van der Waals surface area (Å²) in [6.45, 7) is 5.00. The van der Waals surface area contributed by atoms with Crippen LogP contribution in [0, 0.1) is 38.7 Å². The van der Waals surface area contributed by atoms with Crippen molar-refractivity contribution >= 4 is 11.4 Å². The van der Waals surface area contributed by atoms with Gasteiger partial charge in [0.2, 0.25) is 0 Å². The maximum absolute atomic E-state index is 11.2. The van der Waals surface area contributed by atoms with Crippen LogP contribution in [0.15, 0.2) is 18.2 Å². The number of hydrogen-bond donors (Lipinski definition) is 0. The van der Waals surface area contributed by atoms with Gasteiger partial charge in [-0.1, -0.05) is 19.9 Å². The van der Waals surface area contributed by atoms with Crippen LogP contribution in [-0.4, -0.2) is 18.0 Å². The highest BCUT2D eigenvalue weighted by atomic mass is 16.6. The first kappa shape index (κ1) is 15.5. The van der Waals surface area contributed by atoms with Crippen LogP contribution in [0.3, 0.4) is 0 Å². The minimum atomic E-state index is -0.534. The van der Waals surface area contributed by atoms with E-state index in [2.05, 4.69) is 0 Å². The van der Waals surface area contributed by atoms with E-state index < -0.39 is 4.92 Å². The molecule has 0 heterocycles. The molecule has 6 nitrogen and oxygen atoms in total. The topological polar surface area (TPSA) is 94.0 Å². The van der Waals surface area contributed by atoms with Crippen molar-refractivity contribution in [2.24, 2.45) is 5.92 Å². The second-order valence-corrected chi connectivity index (χ2v) is 4.79. The number of rotatable bonds is 6. The summed E-state index contributed by atoms with van der Waals surface area (Å²) in [5.74, 6) is 0.291. The summed E-state index contributed by atoms with van der Waals surface area (Å²) >= 11 is 0. The van der Waals surface area contributed by atoms with Crippen molar-refractivity contribution in [2.45, 2.75) is 20.3 Å². The molecule has 0 amide bonds. The Bertz CT molecular complexity index is 570. The Morgan fingerprint density at radius 1 is 1.40 bits per heavy atom. The highest BCUT2D eigenvalue weighted by Gasteiger charge is 2.24.